The summed E-state index contributed by atoms with van der Waals surface area (Å²) in [5.74, 6) is -0.411. The maximum Gasteiger partial charge on any atom is 0.266 e. The van der Waals surface area contributed by atoms with Gasteiger partial charge in [0.1, 0.15) is 16.8 Å². The van der Waals surface area contributed by atoms with E-state index >= 15 is 0 Å². The van der Waals surface area contributed by atoms with Gasteiger partial charge >= 0.3 is 0 Å². The minimum Gasteiger partial charge on any atom is -0.271 e. The van der Waals surface area contributed by atoms with Crippen molar-refractivity contribution in [1.82, 2.24) is 0 Å². The van der Waals surface area contributed by atoms with Crippen molar-refractivity contribution in [3.63, 3.8) is 0 Å². The van der Waals surface area contributed by atoms with Crippen LogP contribution in [0.3, 0.4) is 0 Å². The number of carbonyl (C=O) groups is 1. The smallest absolute Gasteiger partial charge is 0.266 e. The highest BCUT2D eigenvalue weighted by Gasteiger charge is 2.34. The van der Waals surface area contributed by atoms with Crippen molar-refractivity contribution >= 4 is 33.9 Å². The highest BCUT2D eigenvalue weighted by Crippen LogP contribution is 2.21. The molecule has 0 saturated carbocycles. The quantitative estimate of drug-likeness (QED) is 0.635. The molecule has 1 aliphatic heterocycles. The van der Waals surface area contributed by atoms with Crippen LogP contribution < -0.4 is 0 Å². The molecule has 3 nitrogen and oxygen atoms in total. The van der Waals surface area contributed by atoms with Crippen LogP contribution in [-0.2, 0) is 4.79 Å². The van der Waals surface area contributed by atoms with Crippen LogP contribution in [-0.4, -0.2) is 28.5 Å². The maximum absolute atomic E-state index is 13.3. The van der Waals surface area contributed by atoms with Gasteiger partial charge in [0.05, 0.1) is 5.71 Å². The number of nitrogens with zero attached hydrogens (tertiary/aromatic N) is 2. The van der Waals surface area contributed by atoms with E-state index in [0.717, 1.165) is 6.34 Å². The summed E-state index contributed by atoms with van der Waals surface area (Å²) < 4.78 is 13.3. The number of hydrogen-bond donors (Lipinski definition) is 0. The number of aliphatic imine (C=N–C) groups is 2. The van der Waals surface area contributed by atoms with E-state index in [-0.39, 0.29) is 5.71 Å². The lowest BCUT2D eigenvalue weighted by Gasteiger charge is -2.21. The van der Waals surface area contributed by atoms with E-state index in [2.05, 4.69) is 25.9 Å². The summed E-state index contributed by atoms with van der Waals surface area (Å²) in [5.41, 5.74) is -1.42. The Bertz CT molecular complexity index is 267. The lowest BCUT2D eigenvalue weighted by atomic mass is 10.0. The average molecular weight is 235 g/mol. The zero-order valence-corrected chi connectivity index (χ0v) is 8.30. The normalized spacial score (nSPS) is 24.2. The topological polar surface area (TPSA) is 41.8 Å². The summed E-state index contributed by atoms with van der Waals surface area (Å²) in [4.78, 5) is 17.4. The third-order valence-electron chi connectivity index (χ3n) is 1.45. The van der Waals surface area contributed by atoms with Crippen LogP contribution in [0.15, 0.2) is 9.98 Å². The Morgan fingerprint density at radius 2 is 2.25 bits per heavy atom. The summed E-state index contributed by atoms with van der Waals surface area (Å²) in [6.07, 6.45) is 1.08. The van der Waals surface area contributed by atoms with Crippen LogP contribution in [0.2, 0.25) is 0 Å². The number of alkyl halides is 2. The summed E-state index contributed by atoms with van der Waals surface area (Å²) in [6, 6.07) is 0. The van der Waals surface area contributed by atoms with Gasteiger partial charge in [-0.15, -0.1) is 0 Å². The van der Waals surface area contributed by atoms with Crippen molar-refractivity contribution in [2.24, 2.45) is 9.98 Å². The Hall–Kier alpha value is -0.580. The van der Waals surface area contributed by atoms with Gasteiger partial charge in [0.15, 0.2) is 0 Å². The second-order valence-electron chi connectivity index (χ2n) is 2.93. The van der Waals surface area contributed by atoms with Crippen LogP contribution in [0, 0.1) is 0 Å². The highest BCUT2D eigenvalue weighted by atomic mass is 79.9. The summed E-state index contributed by atoms with van der Waals surface area (Å²) in [6.45, 7) is 2.71. The number of hydrogen-bond acceptors (Lipinski definition) is 2. The Morgan fingerprint density at radius 1 is 1.67 bits per heavy atom. The van der Waals surface area contributed by atoms with Gasteiger partial charge in [-0.3, -0.25) is 4.79 Å². The molecule has 0 aromatic carbocycles. The molecule has 0 aliphatic carbocycles. The molecule has 0 radical (unpaired) electrons. The first-order valence-electron chi connectivity index (χ1n) is 3.40. The average Bonchev–Trinajstić information content (AvgIpc) is 1.92. The second-order valence-corrected chi connectivity index (χ2v) is 3.85. The van der Waals surface area contributed by atoms with Gasteiger partial charge < -0.3 is 0 Å². The van der Waals surface area contributed by atoms with Gasteiger partial charge in [-0.05, 0) is 13.8 Å². The molecule has 66 valence electrons. The molecule has 1 aliphatic rings. The molecule has 1 amide bonds. The molecular formula is C7H8BrFN2O. The largest absolute Gasteiger partial charge is 0.271 e. The first-order chi connectivity index (χ1) is 5.43. The fourth-order valence-electron chi connectivity index (χ4n) is 0.851. The Morgan fingerprint density at radius 3 is 2.67 bits per heavy atom. The van der Waals surface area contributed by atoms with E-state index < -0.39 is 16.4 Å². The number of amides is 1. The lowest BCUT2D eigenvalue weighted by Crippen LogP contribution is -2.39. The third-order valence-corrected chi connectivity index (χ3v) is 2.27. The van der Waals surface area contributed by atoms with E-state index in [9.17, 15) is 9.18 Å². The number of rotatable bonds is 1. The predicted molar refractivity (Wildman–Crippen MR) is 48.8 cm³/mol. The fraction of sp³-hybridized carbons (Fsp3) is 0.571. The van der Waals surface area contributed by atoms with Crippen molar-refractivity contribution in [2.75, 3.05) is 0 Å². The monoisotopic (exact) mass is 234 g/mol. The molecule has 1 rings (SSSR count). The van der Waals surface area contributed by atoms with Gasteiger partial charge in [-0.25, -0.2) is 14.4 Å². The van der Waals surface area contributed by atoms with Crippen molar-refractivity contribution in [2.45, 2.75) is 24.3 Å². The first-order valence-corrected chi connectivity index (χ1v) is 4.32. The van der Waals surface area contributed by atoms with Gasteiger partial charge in [0.25, 0.3) is 5.91 Å². The minimum absolute atomic E-state index is 0.169. The number of carbonyl (C=O) groups excluding carboxylic acids is 1. The zero-order chi connectivity index (χ0) is 9.35. The first kappa shape index (κ1) is 9.51. The Kier molecular flexibility index (Phi) is 2.41. The van der Waals surface area contributed by atoms with E-state index in [1.54, 1.807) is 0 Å². The molecule has 0 aromatic heterocycles. The van der Waals surface area contributed by atoms with Crippen LogP contribution >= 0.6 is 15.9 Å². The Balaban J connectivity index is 2.98. The molecule has 0 N–H and O–H groups in total. The van der Waals surface area contributed by atoms with Gasteiger partial charge in [-0.2, -0.15) is 0 Å². The molecule has 1 atom stereocenters. The standard InChI is InChI=1S/C7H8BrFN2O/c1-7(2,9)5-4(8)6(12)11-3-10-5/h3-4H,1-2H3. The SMILES string of the molecule is CC(C)(F)C1=NC=NC(=O)C1Br. The van der Waals surface area contributed by atoms with Crippen molar-refractivity contribution in [3.8, 4) is 0 Å². The molecule has 0 saturated heterocycles. The maximum atomic E-state index is 13.3. The summed E-state index contributed by atoms with van der Waals surface area (Å²) in [5, 5.41) is 0. The zero-order valence-electron chi connectivity index (χ0n) is 6.71. The highest BCUT2D eigenvalue weighted by molar-refractivity contribution is 9.10. The minimum atomic E-state index is -1.59. The molecule has 1 unspecified atom stereocenters. The van der Waals surface area contributed by atoms with Crippen LogP contribution in [0.4, 0.5) is 4.39 Å². The third kappa shape index (κ3) is 1.77. The lowest BCUT2D eigenvalue weighted by molar-refractivity contribution is -0.116. The Labute approximate surface area is 77.9 Å². The van der Waals surface area contributed by atoms with Gasteiger partial charge in [-0.1, -0.05) is 15.9 Å². The van der Waals surface area contributed by atoms with Crippen molar-refractivity contribution in [3.05, 3.63) is 0 Å². The molecule has 5 heteroatoms. The van der Waals surface area contributed by atoms with Crippen LogP contribution in [0.25, 0.3) is 0 Å². The van der Waals surface area contributed by atoms with E-state index in [4.69, 9.17) is 0 Å². The molecule has 12 heavy (non-hydrogen) atoms. The van der Waals surface area contributed by atoms with Crippen LogP contribution in [0.1, 0.15) is 13.8 Å². The predicted octanol–water partition coefficient (Wildman–Crippen LogP) is 1.51. The molecule has 0 bridgehead atoms. The van der Waals surface area contributed by atoms with E-state index in [0.29, 0.717) is 0 Å². The van der Waals surface area contributed by atoms with Gasteiger partial charge in [0.2, 0.25) is 0 Å². The van der Waals surface area contributed by atoms with Crippen LogP contribution in [0.5, 0.6) is 0 Å². The summed E-state index contributed by atoms with van der Waals surface area (Å²) in [7, 11) is 0. The molecule has 0 fully saturated rings. The molecular weight excluding hydrogens is 227 g/mol. The van der Waals surface area contributed by atoms with E-state index in [1.807, 2.05) is 0 Å². The van der Waals surface area contributed by atoms with Gasteiger partial charge in [0, 0.05) is 0 Å². The van der Waals surface area contributed by atoms with E-state index in [1.165, 1.54) is 13.8 Å². The fourth-order valence-corrected chi connectivity index (χ4v) is 1.63. The molecule has 0 aromatic rings. The number of halogens is 2. The van der Waals surface area contributed by atoms with Crippen molar-refractivity contribution < 1.29 is 9.18 Å². The van der Waals surface area contributed by atoms with Crippen molar-refractivity contribution in [1.29, 1.82) is 0 Å². The molecule has 1 heterocycles. The summed E-state index contributed by atoms with van der Waals surface area (Å²) >= 11 is 3.02. The molecule has 0 spiro atoms. The second kappa shape index (κ2) is 3.05.